The first-order valence-corrected chi connectivity index (χ1v) is 10.9. The van der Waals surface area contributed by atoms with Crippen molar-refractivity contribution in [3.05, 3.63) is 12.1 Å². The number of aromatic nitrogens is 1. The van der Waals surface area contributed by atoms with Crippen LogP contribution in [0.4, 0.5) is 15.6 Å². The molecular weight excluding hydrogens is 392 g/mol. The number of carbonyl (C=O) groups is 1. The predicted octanol–water partition coefficient (Wildman–Crippen LogP) is 2.77. The highest BCUT2D eigenvalue weighted by Gasteiger charge is 2.26. The molecule has 1 aromatic carbocycles. The van der Waals surface area contributed by atoms with Crippen molar-refractivity contribution in [2.24, 2.45) is 5.92 Å². The number of morpholine rings is 1. The van der Waals surface area contributed by atoms with Crippen LogP contribution in [0.3, 0.4) is 0 Å². The maximum Gasteiger partial charge on any atom is 0.323 e. The average Bonchev–Trinajstić information content (AvgIpc) is 3.17. The van der Waals surface area contributed by atoms with E-state index < -0.39 is 0 Å². The Hall–Kier alpha value is -2.10. The van der Waals surface area contributed by atoms with Gasteiger partial charge in [-0.25, -0.2) is 9.78 Å². The second-order valence-electron chi connectivity index (χ2n) is 7.58. The van der Waals surface area contributed by atoms with Crippen LogP contribution in [0.1, 0.15) is 19.8 Å². The van der Waals surface area contributed by atoms with Crippen LogP contribution in [0.5, 0.6) is 5.75 Å². The number of aliphatic hydroxyl groups excluding tert-OH is 1. The van der Waals surface area contributed by atoms with Gasteiger partial charge in [0.25, 0.3) is 0 Å². The molecule has 2 N–H and O–H groups in total. The SMILES string of the molecule is COc1ccc(N2CCOCC2)c2sc(NC(=O)N3CCC([C@@H](C)O)CC3)nc12. The largest absolute Gasteiger partial charge is 0.494 e. The van der Waals surface area contributed by atoms with Crippen LogP contribution in [0.2, 0.25) is 0 Å². The van der Waals surface area contributed by atoms with Crippen molar-refractivity contribution < 1.29 is 19.4 Å². The molecule has 4 rings (SSSR count). The first-order valence-electron chi connectivity index (χ1n) is 10.1. The number of carbonyl (C=O) groups excluding carboxylic acids is 1. The molecule has 3 heterocycles. The smallest absolute Gasteiger partial charge is 0.323 e. The number of anilines is 2. The molecule has 2 aromatic rings. The Kier molecular flexibility index (Phi) is 6.07. The number of methoxy groups -OCH3 is 1. The molecule has 2 saturated heterocycles. The minimum atomic E-state index is -0.324. The first-order chi connectivity index (χ1) is 14.1. The molecule has 0 radical (unpaired) electrons. The number of piperidine rings is 1. The molecule has 1 atom stereocenters. The molecule has 0 saturated carbocycles. The van der Waals surface area contributed by atoms with Gasteiger partial charge in [-0.2, -0.15) is 0 Å². The second-order valence-corrected chi connectivity index (χ2v) is 8.58. The third-order valence-electron chi connectivity index (χ3n) is 5.78. The number of nitrogens with zero attached hydrogens (tertiary/aromatic N) is 3. The zero-order valence-corrected chi connectivity index (χ0v) is 17.7. The third kappa shape index (κ3) is 4.26. The number of fused-ring (bicyclic) bond motifs is 1. The van der Waals surface area contributed by atoms with Gasteiger partial charge < -0.3 is 24.4 Å². The highest BCUT2D eigenvalue weighted by atomic mass is 32.1. The van der Waals surface area contributed by atoms with E-state index in [9.17, 15) is 9.90 Å². The molecule has 0 aliphatic carbocycles. The van der Waals surface area contributed by atoms with Gasteiger partial charge in [-0.05, 0) is 37.8 Å². The highest BCUT2D eigenvalue weighted by molar-refractivity contribution is 7.23. The van der Waals surface area contributed by atoms with Gasteiger partial charge in [0, 0.05) is 26.2 Å². The van der Waals surface area contributed by atoms with Gasteiger partial charge >= 0.3 is 6.03 Å². The normalized spacial score (nSPS) is 19.4. The Balaban J connectivity index is 1.53. The highest BCUT2D eigenvalue weighted by Crippen LogP contribution is 2.39. The van der Waals surface area contributed by atoms with Crippen LogP contribution < -0.4 is 15.0 Å². The number of amides is 2. The molecular formula is C20H28N4O4S. The van der Waals surface area contributed by atoms with Crippen molar-refractivity contribution >= 4 is 38.4 Å². The fourth-order valence-corrected chi connectivity index (χ4v) is 5.01. The van der Waals surface area contributed by atoms with Crippen LogP contribution in [-0.2, 0) is 4.74 Å². The third-order valence-corrected chi connectivity index (χ3v) is 6.77. The molecule has 0 bridgehead atoms. The fraction of sp³-hybridized carbons (Fsp3) is 0.600. The zero-order chi connectivity index (χ0) is 20.4. The van der Waals surface area contributed by atoms with E-state index in [4.69, 9.17) is 9.47 Å². The van der Waals surface area contributed by atoms with E-state index in [1.54, 1.807) is 12.0 Å². The molecule has 0 spiro atoms. The number of likely N-dealkylation sites (tertiary alicyclic amines) is 1. The number of rotatable bonds is 4. The number of nitrogens with one attached hydrogen (secondary N) is 1. The molecule has 158 valence electrons. The summed E-state index contributed by atoms with van der Waals surface area (Å²) in [6.45, 7) is 6.19. The summed E-state index contributed by atoms with van der Waals surface area (Å²) in [6, 6.07) is 3.84. The standard InChI is InChI=1S/C20H28N4O4S/c1-13(25)14-5-7-24(8-6-14)20(26)22-19-21-17-16(27-2)4-3-15(18(17)29-19)23-9-11-28-12-10-23/h3-4,13-14,25H,5-12H2,1-2H3,(H,21,22,26)/t13-/m1/s1. The Morgan fingerprint density at radius 2 is 2.03 bits per heavy atom. The minimum Gasteiger partial charge on any atom is -0.494 e. The van der Waals surface area contributed by atoms with Crippen LogP contribution in [0.15, 0.2) is 12.1 Å². The fourth-order valence-electron chi connectivity index (χ4n) is 4.00. The molecule has 1 aromatic heterocycles. The van der Waals surface area contributed by atoms with Crippen molar-refractivity contribution in [3.8, 4) is 5.75 Å². The van der Waals surface area contributed by atoms with Crippen molar-refractivity contribution in [2.45, 2.75) is 25.9 Å². The summed E-state index contributed by atoms with van der Waals surface area (Å²) in [5, 5.41) is 13.3. The lowest BCUT2D eigenvalue weighted by molar-refractivity contribution is 0.0820. The molecule has 2 aliphatic rings. The number of thiazole rings is 1. The predicted molar refractivity (Wildman–Crippen MR) is 114 cm³/mol. The number of ether oxygens (including phenoxy) is 2. The Morgan fingerprint density at radius 3 is 2.69 bits per heavy atom. The van der Waals surface area contributed by atoms with Gasteiger partial charge in [0.05, 0.1) is 36.8 Å². The number of benzene rings is 1. The zero-order valence-electron chi connectivity index (χ0n) is 16.9. The molecule has 0 unspecified atom stereocenters. The van der Waals surface area contributed by atoms with E-state index in [0.717, 1.165) is 41.8 Å². The maximum atomic E-state index is 12.7. The molecule has 29 heavy (non-hydrogen) atoms. The summed E-state index contributed by atoms with van der Waals surface area (Å²) in [7, 11) is 1.63. The first kappa shape index (κ1) is 20.2. The summed E-state index contributed by atoms with van der Waals surface area (Å²) in [5.74, 6) is 0.966. The summed E-state index contributed by atoms with van der Waals surface area (Å²) >= 11 is 1.47. The minimum absolute atomic E-state index is 0.139. The van der Waals surface area contributed by atoms with E-state index in [-0.39, 0.29) is 18.1 Å². The van der Waals surface area contributed by atoms with E-state index in [2.05, 4.69) is 21.3 Å². The Labute approximate surface area is 174 Å². The second kappa shape index (κ2) is 8.73. The van der Waals surface area contributed by atoms with Gasteiger partial charge in [-0.3, -0.25) is 5.32 Å². The number of aliphatic hydroxyl groups is 1. The monoisotopic (exact) mass is 420 g/mol. The number of hydrogen-bond donors (Lipinski definition) is 2. The van der Waals surface area contributed by atoms with Gasteiger partial charge in [-0.1, -0.05) is 11.3 Å². The Bertz CT molecular complexity index is 858. The molecule has 2 aliphatic heterocycles. The van der Waals surface area contributed by atoms with E-state index in [1.165, 1.54) is 11.3 Å². The lowest BCUT2D eigenvalue weighted by atomic mass is 9.92. The molecule has 9 heteroatoms. The van der Waals surface area contributed by atoms with Crippen molar-refractivity contribution in [3.63, 3.8) is 0 Å². The van der Waals surface area contributed by atoms with Gasteiger partial charge in [0.15, 0.2) is 5.13 Å². The van der Waals surface area contributed by atoms with Crippen LogP contribution in [0.25, 0.3) is 10.2 Å². The topological polar surface area (TPSA) is 87.2 Å². The van der Waals surface area contributed by atoms with Crippen LogP contribution in [-0.4, -0.2) is 73.6 Å². The van der Waals surface area contributed by atoms with Crippen molar-refractivity contribution in [1.29, 1.82) is 0 Å². The maximum absolute atomic E-state index is 12.7. The molecule has 2 amide bonds. The number of hydrogen-bond acceptors (Lipinski definition) is 7. The summed E-state index contributed by atoms with van der Waals surface area (Å²) in [4.78, 5) is 21.5. The molecule has 2 fully saturated rings. The summed E-state index contributed by atoms with van der Waals surface area (Å²) in [6.07, 6.45) is 1.32. The van der Waals surface area contributed by atoms with Crippen LogP contribution in [0, 0.1) is 5.92 Å². The van der Waals surface area contributed by atoms with E-state index in [0.29, 0.717) is 37.2 Å². The van der Waals surface area contributed by atoms with Crippen molar-refractivity contribution in [2.75, 3.05) is 56.7 Å². The van der Waals surface area contributed by atoms with Gasteiger partial charge in [-0.15, -0.1) is 0 Å². The average molecular weight is 421 g/mol. The van der Waals surface area contributed by atoms with Gasteiger partial charge in [0.1, 0.15) is 11.3 Å². The molecule has 8 nitrogen and oxygen atoms in total. The number of urea groups is 1. The van der Waals surface area contributed by atoms with E-state index >= 15 is 0 Å². The lowest BCUT2D eigenvalue weighted by Crippen LogP contribution is -2.42. The summed E-state index contributed by atoms with van der Waals surface area (Å²) < 4.78 is 12.0. The quantitative estimate of drug-likeness (QED) is 0.791. The van der Waals surface area contributed by atoms with Crippen molar-refractivity contribution in [1.82, 2.24) is 9.88 Å². The van der Waals surface area contributed by atoms with Crippen LogP contribution >= 0.6 is 11.3 Å². The van der Waals surface area contributed by atoms with Gasteiger partial charge in [0.2, 0.25) is 0 Å². The van der Waals surface area contributed by atoms with E-state index in [1.807, 2.05) is 13.0 Å². The lowest BCUT2D eigenvalue weighted by Gasteiger charge is -2.32. The Morgan fingerprint density at radius 1 is 1.31 bits per heavy atom. The summed E-state index contributed by atoms with van der Waals surface area (Å²) in [5.41, 5.74) is 1.87.